The number of carbonyl (C=O) groups excluding carboxylic acids is 1. The molecule has 0 spiro atoms. The van der Waals surface area contributed by atoms with Crippen molar-refractivity contribution in [1.82, 2.24) is 10.2 Å². The normalized spacial score (nSPS) is 26.3. The average molecular weight is 318 g/mol. The van der Waals surface area contributed by atoms with Crippen molar-refractivity contribution in [3.63, 3.8) is 0 Å². The summed E-state index contributed by atoms with van der Waals surface area (Å²) in [5.74, 6) is 1.12. The third-order valence-electron chi connectivity index (χ3n) is 4.92. The zero-order valence-corrected chi connectivity index (χ0v) is 13.7. The van der Waals surface area contributed by atoms with Crippen LogP contribution in [-0.2, 0) is 6.42 Å². The van der Waals surface area contributed by atoms with E-state index in [9.17, 15) is 9.90 Å². The minimum absolute atomic E-state index is 0.00465. The predicted molar refractivity (Wildman–Crippen MR) is 88.6 cm³/mol. The van der Waals surface area contributed by atoms with Gasteiger partial charge >= 0.3 is 6.03 Å². The number of para-hydroxylation sites is 1. The summed E-state index contributed by atoms with van der Waals surface area (Å²) in [5, 5.41) is 13.0. The van der Waals surface area contributed by atoms with Crippen LogP contribution in [0.1, 0.15) is 31.2 Å². The molecule has 126 valence electrons. The second-order valence-corrected chi connectivity index (χ2v) is 6.73. The van der Waals surface area contributed by atoms with Gasteiger partial charge in [-0.05, 0) is 24.5 Å². The summed E-state index contributed by atoms with van der Waals surface area (Å²) >= 11 is 0. The number of amides is 2. The fourth-order valence-electron chi connectivity index (χ4n) is 3.54. The molecule has 5 nitrogen and oxygen atoms in total. The van der Waals surface area contributed by atoms with Crippen LogP contribution in [0.4, 0.5) is 4.79 Å². The third-order valence-corrected chi connectivity index (χ3v) is 4.92. The number of hydrogen-bond donors (Lipinski definition) is 2. The van der Waals surface area contributed by atoms with Gasteiger partial charge in [0.25, 0.3) is 0 Å². The first-order valence-corrected chi connectivity index (χ1v) is 8.55. The predicted octanol–water partition coefficient (Wildman–Crippen LogP) is 2.18. The lowest BCUT2D eigenvalue weighted by atomic mass is 9.86. The second kappa shape index (κ2) is 7.21. The summed E-state index contributed by atoms with van der Waals surface area (Å²) in [6.45, 7) is 1.11. The molecule has 1 fully saturated rings. The smallest absolute Gasteiger partial charge is 0.317 e. The van der Waals surface area contributed by atoms with Crippen LogP contribution in [0.15, 0.2) is 24.3 Å². The number of nitrogens with zero attached hydrogens (tertiary/aromatic N) is 1. The molecular formula is C18H26N2O3. The summed E-state index contributed by atoms with van der Waals surface area (Å²) in [6, 6.07) is 7.90. The highest BCUT2D eigenvalue weighted by molar-refractivity contribution is 5.73. The highest BCUT2D eigenvalue weighted by Gasteiger charge is 2.27. The molecular weight excluding hydrogens is 292 g/mol. The van der Waals surface area contributed by atoms with E-state index >= 15 is 0 Å². The first kappa shape index (κ1) is 16.1. The van der Waals surface area contributed by atoms with E-state index in [0.29, 0.717) is 13.1 Å². The number of ether oxygens (including phenoxy) is 1. The molecule has 23 heavy (non-hydrogen) atoms. The van der Waals surface area contributed by atoms with E-state index in [0.717, 1.165) is 37.9 Å². The van der Waals surface area contributed by atoms with Crippen molar-refractivity contribution < 1.29 is 14.6 Å². The molecule has 0 radical (unpaired) electrons. The van der Waals surface area contributed by atoms with Crippen molar-refractivity contribution in [3.8, 4) is 5.75 Å². The molecule has 1 aliphatic heterocycles. The lowest BCUT2D eigenvalue weighted by Crippen LogP contribution is -2.45. The van der Waals surface area contributed by atoms with Gasteiger partial charge in [0.15, 0.2) is 0 Å². The van der Waals surface area contributed by atoms with E-state index in [-0.39, 0.29) is 24.2 Å². The Morgan fingerprint density at radius 3 is 2.91 bits per heavy atom. The van der Waals surface area contributed by atoms with Gasteiger partial charge < -0.3 is 20.1 Å². The fraction of sp³-hybridized carbons (Fsp3) is 0.611. The first-order chi connectivity index (χ1) is 11.1. The SMILES string of the molecule is CN(C[C@@H]1CCCC[C@H]1O)C(=O)NC[C@H]1Cc2ccccc2O1. The van der Waals surface area contributed by atoms with Gasteiger partial charge in [0.05, 0.1) is 12.6 Å². The highest BCUT2D eigenvalue weighted by atomic mass is 16.5. The largest absolute Gasteiger partial charge is 0.488 e. The van der Waals surface area contributed by atoms with Gasteiger partial charge in [-0.25, -0.2) is 4.79 Å². The van der Waals surface area contributed by atoms with E-state index in [1.165, 1.54) is 5.56 Å². The van der Waals surface area contributed by atoms with Crippen LogP contribution in [-0.4, -0.2) is 48.4 Å². The molecule has 3 atom stereocenters. The highest BCUT2D eigenvalue weighted by Crippen LogP contribution is 2.28. The monoisotopic (exact) mass is 318 g/mol. The van der Waals surface area contributed by atoms with Crippen molar-refractivity contribution in [2.75, 3.05) is 20.1 Å². The molecule has 0 unspecified atom stereocenters. The van der Waals surface area contributed by atoms with Gasteiger partial charge in [0.1, 0.15) is 11.9 Å². The van der Waals surface area contributed by atoms with Crippen LogP contribution >= 0.6 is 0 Å². The molecule has 0 saturated heterocycles. The number of nitrogens with one attached hydrogen (secondary N) is 1. The second-order valence-electron chi connectivity index (χ2n) is 6.73. The van der Waals surface area contributed by atoms with Gasteiger partial charge in [0.2, 0.25) is 0 Å². The molecule has 1 aliphatic carbocycles. The van der Waals surface area contributed by atoms with Gasteiger partial charge in [-0.2, -0.15) is 0 Å². The molecule has 1 heterocycles. The maximum atomic E-state index is 12.2. The molecule has 2 amide bonds. The lowest BCUT2D eigenvalue weighted by Gasteiger charge is -2.31. The quantitative estimate of drug-likeness (QED) is 0.894. The number of aliphatic hydroxyl groups is 1. The van der Waals surface area contributed by atoms with Crippen LogP contribution in [0.3, 0.4) is 0 Å². The number of urea groups is 1. The number of fused-ring (bicyclic) bond motifs is 1. The van der Waals surface area contributed by atoms with E-state index in [4.69, 9.17) is 4.74 Å². The molecule has 1 saturated carbocycles. The van der Waals surface area contributed by atoms with Crippen LogP contribution in [0.5, 0.6) is 5.75 Å². The molecule has 1 aromatic rings. The molecule has 3 rings (SSSR count). The molecule has 2 aliphatic rings. The van der Waals surface area contributed by atoms with Crippen molar-refractivity contribution in [2.24, 2.45) is 5.92 Å². The molecule has 5 heteroatoms. The van der Waals surface area contributed by atoms with Gasteiger partial charge in [-0.1, -0.05) is 31.0 Å². The van der Waals surface area contributed by atoms with Gasteiger partial charge in [0, 0.05) is 25.9 Å². The van der Waals surface area contributed by atoms with Crippen molar-refractivity contribution in [2.45, 2.75) is 44.3 Å². The number of hydrogen-bond acceptors (Lipinski definition) is 3. The standard InChI is InChI=1S/C18H26N2O3/c1-20(12-14-7-2-4-8-16(14)21)18(22)19-11-15-10-13-6-3-5-9-17(13)23-15/h3,5-6,9,14-16,21H,2,4,7-8,10-12H2,1H3,(H,19,22)/t14-,15+,16+/m0/s1. The molecule has 0 bridgehead atoms. The Morgan fingerprint density at radius 2 is 2.13 bits per heavy atom. The average Bonchev–Trinajstić information content (AvgIpc) is 2.97. The van der Waals surface area contributed by atoms with Crippen molar-refractivity contribution >= 4 is 6.03 Å². The van der Waals surface area contributed by atoms with Crippen LogP contribution < -0.4 is 10.1 Å². The summed E-state index contributed by atoms with van der Waals surface area (Å²) in [7, 11) is 1.79. The summed E-state index contributed by atoms with van der Waals surface area (Å²) in [5.41, 5.74) is 1.20. The van der Waals surface area contributed by atoms with E-state index in [1.54, 1.807) is 11.9 Å². The fourth-order valence-corrected chi connectivity index (χ4v) is 3.54. The van der Waals surface area contributed by atoms with Gasteiger partial charge in [-0.15, -0.1) is 0 Å². The van der Waals surface area contributed by atoms with E-state index in [2.05, 4.69) is 11.4 Å². The summed E-state index contributed by atoms with van der Waals surface area (Å²) in [6.07, 6.45) is 4.66. The maximum absolute atomic E-state index is 12.2. The maximum Gasteiger partial charge on any atom is 0.317 e. The minimum atomic E-state index is -0.272. The Balaban J connectivity index is 1.43. The number of carbonyl (C=O) groups is 1. The Hall–Kier alpha value is -1.75. The van der Waals surface area contributed by atoms with Crippen LogP contribution in [0, 0.1) is 5.92 Å². The minimum Gasteiger partial charge on any atom is -0.488 e. The number of aliphatic hydroxyl groups excluding tert-OH is 1. The van der Waals surface area contributed by atoms with Crippen molar-refractivity contribution in [1.29, 1.82) is 0 Å². The summed E-state index contributed by atoms with van der Waals surface area (Å²) in [4.78, 5) is 13.9. The zero-order chi connectivity index (χ0) is 16.2. The summed E-state index contributed by atoms with van der Waals surface area (Å²) < 4.78 is 5.83. The van der Waals surface area contributed by atoms with Crippen LogP contribution in [0.25, 0.3) is 0 Å². The Labute approximate surface area is 137 Å². The third kappa shape index (κ3) is 3.96. The lowest BCUT2D eigenvalue weighted by molar-refractivity contribution is 0.0563. The van der Waals surface area contributed by atoms with E-state index < -0.39 is 0 Å². The topological polar surface area (TPSA) is 61.8 Å². The molecule has 2 N–H and O–H groups in total. The zero-order valence-electron chi connectivity index (χ0n) is 13.7. The van der Waals surface area contributed by atoms with Crippen LogP contribution in [0.2, 0.25) is 0 Å². The Bertz CT molecular complexity index is 524. The van der Waals surface area contributed by atoms with Gasteiger partial charge in [-0.3, -0.25) is 0 Å². The Kier molecular flexibility index (Phi) is 5.06. The molecule has 0 aromatic heterocycles. The van der Waals surface area contributed by atoms with E-state index in [1.807, 2.05) is 18.2 Å². The number of rotatable bonds is 4. The Morgan fingerprint density at radius 1 is 1.35 bits per heavy atom. The van der Waals surface area contributed by atoms with Crippen molar-refractivity contribution in [3.05, 3.63) is 29.8 Å². The molecule has 1 aromatic carbocycles. The number of benzene rings is 1. The first-order valence-electron chi connectivity index (χ1n) is 8.55.